The van der Waals surface area contributed by atoms with Crippen molar-refractivity contribution in [3.8, 4) is 0 Å². The number of carbonyl (C=O) groups excluding carboxylic acids is 2. The summed E-state index contributed by atoms with van der Waals surface area (Å²) in [5.41, 5.74) is 1.31. The number of aliphatic hydroxyl groups excluding tert-OH is 1. The molecule has 2 N–H and O–H groups in total. The van der Waals surface area contributed by atoms with Gasteiger partial charge in [-0.1, -0.05) is 26.0 Å². The Labute approximate surface area is 228 Å². The van der Waals surface area contributed by atoms with Gasteiger partial charge < -0.3 is 24.6 Å². The molecule has 9 nitrogen and oxygen atoms in total. The summed E-state index contributed by atoms with van der Waals surface area (Å²) in [5, 5.41) is 10.1. The Morgan fingerprint density at radius 3 is 2.46 bits per heavy atom. The van der Waals surface area contributed by atoms with Crippen molar-refractivity contribution in [3.05, 3.63) is 63.3 Å². The molecule has 2 aliphatic rings. The van der Waals surface area contributed by atoms with Crippen LogP contribution in [0.25, 0.3) is 0 Å². The number of nitrogens with one attached hydrogen (secondary N) is 1. The van der Waals surface area contributed by atoms with Crippen LogP contribution in [-0.2, 0) is 21.4 Å². The number of nitrogens with zero attached hydrogens (tertiary/aromatic N) is 3. The summed E-state index contributed by atoms with van der Waals surface area (Å²) in [6.45, 7) is 12.2. The Balaban J connectivity index is 1.53. The molecular formula is C29H39FN4O5. The van der Waals surface area contributed by atoms with E-state index in [-0.39, 0.29) is 43.0 Å². The van der Waals surface area contributed by atoms with Crippen LogP contribution < -0.4 is 10.5 Å². The lowest BCUT2D eigenvalue weighted by molar-refractivity contribution is -0.121. The van der Waals surface area contributed by atoms with E-state index in [0.717, 1.165) is 5.56 Å². The second-order valence-electron chi connectivity index (χ2n) is 12.3. The predicted octanol–water partition coefficient (Wildman–Crippen LogP) is 3.03. The molecule has 212 valence electrons. The number of rotatable bonds is 5. The molecule has 1 fully saturated rings. The summed E-state index contributed by atoms with van der Waals surface area (Å²) in [5.74, 6) is -0.500. The number of amides is 2. The van der Waals surface area contributed by atoms with Crippen LogP contribution in [0.4, 0.5) is 14.9 Å². The lowest BCUT2D eigenvalue weighted by Gasteiger charge is -2.44. The third-order valence-corrected chi connectivity index (χ3v) is 7.36. The van der Waals surface area contributed by atoms with Gasteiger partial charge >= 0.3 is 6.09 Å². The number of fused-ring (bicyclic) bond motifs is 1. The number of aromatic amines is 1. The topological polar surface area (TPSA) is 106 Å². The Bertz CT molecular complexity index is 1280. The average molecular weight is 543 g/mol. The first-order valence-corrected chi connectivity index (χ1v) is 13.3. The van der Waals surface area contributed by atoms with Gasteiger partial charge in [0, 0.05) is 48.8 Å². The fourth-order valence-electron chi connectivity index (χ4n) is 5.34. The van der Waals surface area contributed by atoms with Crippen molar-refractivity contribution < 1.29 is 23.8 Å². The summed E-state index contributed by atoms with van der Waals surface area (Å²) in [7, 11) is 0. The van der Waals surface area contributed by atoms with Gasteiger partial charge in [-0.25, -0.2) is 9.18 Å². The minimum Gasteiger partial charge on any atom is -0.444 e. The maximum atomic E-state index is 13.7. The Kier molecular flexibility index (Phi) is 7.91. The van der Waals surface area contributed by atoms with Gasteiger partial charge in [-0.3, -0.25) is 14.5 Å². The van der Waals surface area contributed by atoms with Gasteiger partial charge in [0.15, 0.2) is 0 Å². The third kappa shape index (κ3) is 6.33. The molecule has 39 heavy (non-hydrogen) atoms. The van der Waals surface area contributed by atoms with Gasteiger partial charge in [-0.05, 0) is 51.5 Å². The maximum Gasteiger partial charge on any atom is 0.410 e. The molecule has 10 heteroatoms. The lowest BCUT2D eigenvalue weighted by atomic mass is 9.91. The summed E-state index contributed by atoms with van der Waals surface area (Å²) >= 11 is 0. The highest BCUT2D eigenvalue weighted by atomic mass is 19.1. The molecule has 2 aromatic rings. The van der Waals surface area contributed by atoms with Crippen molar-refractivity contribution in [1.29, 1.82) is 0 Å². The smallest absolute Gasteiger partial charge is 0.410 e. The van der Waals surface area contributed by atoms with Gasteiger partial charge in [0.2, 0.25) is 5.91 Å². The minimum atomic E-state index is -0.634. The van der Waals surface area contributed by atoms with E-state index in [2.05, 4.69) is 4.98 Å². The number of carbonyl (C=O) groups is 2. The summed E-state index contributed by atoms with van der Waals surface area (Å²) < 4.78 is 18.9. The van der Waals surface area contributed by atoms with Crippen molar-refractivity contribution in [3.63, 3.8) is 0 Å². The molecule has 2 amide bonds. The molecule has 4 rings (SSSR count). The highest BCUT2D eigenvalue weighted by molar-refractivity contribution is 5.97. The molecule has 0 saturated carbocycles. The molecular weight excluding hydrogens is 503 g/mol. The molecule has 1 aromatic heterocycles. The monoisotopic (exact) mass is 542 g/mol. The zero-order valence-electron chi connectivity index (χ0n) is 23.6. The Hall–Kier alpha value is -3.24. The van der Waals surface area contributed by atoms with Gasteiger partial charge in [0.1, 0.15) is 11.4 Å². The maximum absolute atomic E-state index is 13.7. The van der Waals surface area contributed by atoms with Crippen molar-refractivity contribution >= 4 is 17.7 Å². The van der Waals surface area contributed by atoms with Crippen LogP contribution in [0.1, 0.15) is 58.4 Å². The first-order valence-electron chi connectivity index (χ1n) is 13.3. The fraction of sp³-hybridized carbons (Fsp3) is 0.552. The number of hydrogen-bond donors (Lipinski definition) is 2. The second-order valence-corrected chi connectivity index (χ2v) is 12.3. The van der Waals surface area contributed by atoms with Gasteiger partial charge in [0.05, 0.1) is 24.9 Å². The molecule has 0 spiro atoms. The SMILES string of the molecule is CC1CN(CC(=O)N2CC(C)(C)c3[nH]c(=O)c(Cc4ccc(F)cc4)cc32)C(CO)CN1C(=O)OC(C)(C)C. The number of aliphatic hydroxyl groups is 1. The number of piperazine rings is 1. The number of ether oxygens (including phenoxy) is 1. The van der Waals surface area contributed by atoms with Crippen LogP contribution in [0.15, 0.2) is 35.1 Å². The summed E-state index contributed by atoms with van der Waals surface area (Å²) in [6.07, 6.45) is -0.130. The van der Waals surface area contributed by atoms with Crippen LogP contribution in [-0.4, -0.2) is 82.4 Å². The molecule has 2 atom stereocenters. The van der Waals surface area contributed by atoms with Gasteiger partial charge in [0.25, 0.3) is 5.56 Å². The van der Waals surface area contributed by atoms with E-state index in [0.29, 0.717) is 36.5 Å². The number of anilines is 1. The molecule has 0 radical (unpaired) electrons. The average Bonchev–Trinajstić information content (AvgIpc) is 3.09. The van der Waals surface area contributed by atoms with Crippen LogP contribution in [0.5, 0.6) is 0 Å². The van der Waals surface area contributed by atoms with Crippen molar-refractivity contribution in [2.45, 2.75) is 71.1 Å². The number of halogens is 1. The largest absolute Gasteiger partial charge is 0.444 e. The van der Waals surface area contributed by atoms with E-state index in [1.54, 1.807) is 28.0 Å². The van der Waals surface area contributed by atoms with E-state index in [9.17, 15) is 23.9 Å². The molecule has 1 aromatic carbocycles. The van der Waals surface area contributed by atoms with E-state index >= 15 is 0 Å². The fourth-order valence-corrected chi connectivity index (χ4v) is 5.34. The standard InChI is InChI=1S/C29H39FN4O5/c1-18-13-32(22(16-35)14-33(18)27(38)39-28(2,3)4)15-24(36)34-17-29(5,6)25-23(34)12-20(26(37)31-25)11-19-7-9-21(30)10-8-19/h7-10,12,18,22,35H,11,13-17H2,1-6H3,(H,31,37). The Morgan fingerprint density at radius 2 is 1.85 bits per heavy atom. The third-order valence-electron chi connectivity index (χ3n) is 7.36. The minimum absolute atomic E-state index is 0.0552. The molecule has 2 aliphatic heterocycles. The van der Waals surface area contributed by atoms with Crippen LogP contribution in [0.3, 0.4) is 0 Å². The molecule has 0 bridgehead atoms. The van der Waals surface area contributed by atoms with Gasteiger partial charge in [-0.15, -0.1) is 0 Å². The highest BCUT2D eigenvalue weighted by Gasteiger charge is 2.42. The highest BCUT2D eigenvalue weighted by Crippen LogP contribution is 2.39. The molecule has 2 unspecified atom stereocenters. The zero-order valence-corrected chi connectivity index (χ0v) is 23.6. The first kappa shape index (κ1) is 28.8. The Morgan fingerprint density at radius 1 is 1.18 bits per heavy atom. The molecule has 3 heterocycles. The van der Waals surface area contributed by atoms with Crippen molar-refractivity contribution in [2.24, 2.45) is 0 Å². The number of pyridine rings is 1. The molecule has 1 saturated heterocycles. The predicted molar refractivity (Wildman–Crippen MR) is 146 cm³/mol. The number of benzene rings is 1. The quantitative estimate of drug-likeness (QED) is 0.602. The zero-order chi connectivity index (χ0) is 28.7. The molecule has 0 aliphatic carbocycles. The van der Waals surface area contributed by atoms with Crippen LogP contribution in [0, 0.1) is 5.82 Å². The summed E-state index contributed by atoms with van der Waals surface area (Å²) in [6, 6.07) is 7.13. The summed E-state index contributed by atoms with van der Waals surface area (Å²) in [4.78, 5) is 47.5. The van der Waals surface area contributed by atoms with E-state index in [1.165, 1.54) is 12.1 Å². The van der Waals surface area contributed by atoms with Crippen LogP contribution in [0.2, 0.25) is 0 Å². The first-order chi connectivity index (χ1) is 18.2. The van der Waals surface area contributed by atoms with Crippen molar-refractivity contribution in [2.75, 3.05) is 37.7 Å². The number of hydrogen-bond acceptors (Lipinski definition) is 6. The lowest BCUT2D eigenvalue weighted by Crippen LogP contribution is -2.62. The van der Waals surface area contributed by atoms with E-state index in [1.807, 2.05) is 46.4 Å². The van der Waals surface area contributed by atoms with E-state index in [4.69, 9.17) is 4.74 Å². The second kappa shape index (κ2) is 10.7. The number of H-pyrrole nitrogens is 1. The van der Waals surface area contributed by atoms with Crippen molar-refractivity contribution in [1.82, 2.24) is 14.8 Å². The van der Waals surface area contributed by atoms with Gasteiger partial charge in [-0.2, -0.15) is 0 Å². The van der Waals surface area contributed by atoms with E-state index < -0.39 is 23.2 Å². The van der Waals surface area contributed by atoms with Crippen LogP contribution >= 0.6 is 0 Å². The number of aromatic nitrogens is 1. The normalized spacial score (nSPS) is 21.1.